The minimum Gasteiger partial charge on any atom is -0.507 e. The molecule has 2 aromatic carbocycles. The van der Waals surface area contributed by atoms with Gasteiger partial charge < -0.3 is 19.7 Å². The maximum Gasteiger partial charge on any atom is 0.191 e. The van der Waals surface area contributed by atoms with Gasteiger partial charge in [0.25, 0.3) is 0 Å². The van der Waals surface area contributed by atoms with Gasteiger partial charge in [-0.3, -0.25) is 9.59 Å². The molecule has 2 atom stereocenters. The van der Waals surface area contributed by atoms with E-state index in [9.17, 15) is 19.8 Å². The summed E-state index contributed by atoms with van der Waals surface area (Å²) in [6.07, 6.45) is -0.455. The Morgan fingerprint density at radius 2 is 1.10 bits per heavy atom. The van der Waals surface area contributed by atoms with E-state index in [2.05, 4.69) is 0 Å². The Hall–Kier alpha value is -3.22. The number of hydrogen-bond acceptors (Lipinski definition) is 6. The molecule has 6 nitrogen and oxygen atoms in total. The number of aliphatic hydroxyl groups is 2. The first-order valence-electron chi connectivity index (χ1n) is 9.12. The average molecular weight is 394 g/mol. The minimum absolute atomic E-state index is 0.238. The predicted molar refractivity (Wildman–Crippen MR) is 108 cm³/mol. The van der Waals surface area contributed by atoms with E-state index >= 15 is 0 Å². The number of rotatable bonds is 6. The monoisotopic (exact) mass is 394 g/mol. The number of aliphatic hydroxyl groups excluding tert-OH is 2. The molecule has 6 heteroatoms. The first-order chi connectivity index (χ1) is 13.8. The summed E-state index contributed by atoms with van der Waals surface area (Å²) >= 11 is 0. The van der Waals surface area contributed by atoms with Crippen molar-refractivity contribution in [3.8, 4) is 0 Å². The third-order valence-electron chi connectivity index (χ3n) is 4.35. The van der Waals surface area contributed by atoms with E-state index in [1.54, 1.807) is 74.5 Å². The van der Waals surface area contributed by atoms with Crippen LogP contribution in [0.4, 0.5) is 0 Å². The molecule has 0 saturated carbocycles. The highest BCUT2D eigenvalue weighted by Crippen LogP contribution is 2.30. The fraction of sp³-hybridized carbons (Fsp3) is 0.217. The van der Waals surface area contributed by atoms with Gasteiger partial charge in [0.1, 0.15) is 11.5 Å². The zero-order valence-corrected chi connectivity index (χ0v) is 16.1. The molecule has 2 aromatic rings. The van der Waals surface area contributed by atoms with Crippen LogP contribution in [-0.4, -0.2) is 39.8 Å². The maximum atomic E-state index is 12.7. The molecule has 3 rings (SSSR count). The molecule has 0 radical (unpaired) electrons. The number of carbonyl (C=O) groups excluding carboxylic acids is 2. The molecule has 29 heavy (non-hydrogen) atoms. The van der Waals surface area contributed by atoms with Crippen LogP contribution in [-0.2, 0) is 19.1 Å². The standard InChI is InChI=1S/C23H22O6/c1-23(2)28-21(19(26)13-17(24)15-9-5-3-6-10-15)22(29-23)20(27)14-18(25)16-11-7-4-8-12-16/h3-14,21-22,24-25H,1-2H3/b17-13-,18-14-/t21-,22-/m0/s1. The van der Waals surface area contributed by atoms with Gasteiger partial charge in [0.15, 0.2) is 29.6 Å². The summed E-state index contributed by atoms with van der Waals surface area (Å²) < 4.78 is 11.2. The largest absolute Gasteiger partial charge is 0.507 e. The van der Waals surface area contributed by atoms with Crippen LogP contribution in [0, 0.1) is 0 Å². The molecule has 1 aliphatic rings. The number of benzene rings is 2. The Labute approximate surface area is 168 Å². The summed E-state index contributed by atoms with van der Waals surface area (Å²) in [5, 5.41) is 20.4. The van der Waals surface area contributed by atoms with Crippen molar-refractivity contribution in [3.05, 3.63) is 83.9 Å². The third-order valence-corrected chi connectivity index (χ3v) is 4.35. The Morgan fingerprint density at radius 1 is 0.759 bits per heavy atom. The first kappa shape index (κ1) is 20.5. The second-order valence-electron chi connectivity index (χ2n) is 7.07. The van der Waals surface area contributed by atoms with Gasteiger partial charge in [0, 0.05) is 23.3 Å². The van der Waals surface area contributed by atoms with E-state index < -0.39 is 29.6 Å². The molecule has 0 amide bonds. The molecule has 0 aromatic heterocycles. The van der Waals surface area contributed by atoms with Gasteiger partial charge in [-0.05, 0) is 13.8 Å². The fourth-order valence-corrected chi connectivity index (χ4v) is 3.00. The van der Waals surface area contributed by atoms with Crippen LogP contribution in [0.15, 0.2) is 72.8 Å². The second-order valence-corrected chi connectivity index (χ2v) is 7.07. The number of ether oxygens (including phenoxy) is 2. The number of carbonyl (C=O) groups is 2. The highest BCUT2D eigenvalue weighted by atomic mass is 16.8. The molecule has 1 fully saturated rings. The molecule has 1 saturated heterocycles. The summed E-state index contributed by atoms with van der Waals surface area (Å²) in [7, 11) is 0. The summed E-state index contributed by atoms with van der Waals surface area (Å²) in [5.74, 6) is -2.87. The zero-order chi connectivity index (χ0) is 21.0. The highest BCUT2D eigenvalue weighted by Gasteiger charge is 2.47. The number of hydrogen-bond donors (Lipinski definition) is 2. The Bertz CT molecular complexity index is 866. The lowest BCUT2D eigenvalue weighted by atomic mass is 10.0. The highest BCUT2D eigenvalue weighted by molar-refractivity contribution is 6.06. The van der Waals surface area contributed by atoms with Gasteiger partial charge in [0.05, 0.1) is 0 Å². The van der Waals surface area contributed by atoms with Crippen LogP contribution < -0.4 is 0 Å². The van der Waals surface area contributed by atoms with E-state index in [1.807, 2.05) is 0 Å². The van der Waals surface area contributed by atoms with Crippen LogP contribution in [0.1, 0.15) is 25.0 Å². The third kappa shape index (κ3) is 4.99. The van der Waals surface area contributed by atoms with Crippen LogP contribution in [0.3, 0.4) is 0 Å². The molecule has 0 unspecified atom stereocenters. The Balaban J connectivity index is 1.83. The van der Waals surface area contributed by atoms with Crippen molar-refractivity contribution in [2.75, 3.05) is 0 Å². The van der Waals surface area contributed by atoms with Crippen LogP contribution in [0.5, 0.6) is 0 Å². The first-order valence-corrected chi connectivity index (χ1v) is 9.12. The second kappa shape index (κ2) is 8.43. The van der Waals surface area contributed by atoms with Crippen molar-refractivity contribution >= 4 is 23.1 Å². The van der Waals surface area contributed by atoms with Gasteiger partial charge in [-0.1, -0.05) is 60.7 Å². The van der Waals surface area contributed by atoms with Crippen molar-refractivity contribution < 1.29 is 29.3 Å². The molecule has 0 bridgehead atoms. The van der Waals surface area contributed by atoms with E-state index in [0.717, 1.165) is 12.2 Å². The van der Waals surface area contributed by atoms with Crippen molar-refractivity contribution in [2.45, 2.75) is 31.8 Å². The lowest BCUT2D eigenvalue weighted by Gasteiger charge is -2.15. The number of ketones is 2. The van der Waals surface area contributed by atoms with Crippen molar-refractivity contribution in [2.24, 2.45) is 0 Å². The van der Waals surface area contributed by atoms with Gasteiger partial charge in [-0.25, -0.2) is 0 Å². The molecule has 1 heterocycles. The lowest BCUT2D eigenvalue weighted by Crippen LogP contribution is -2.36. The van der Waals surface area contributed by atoms with E-state index in [1.165, 1.54) is 0 Å². The summed E-state index contributed by atoms with van der Waals surface area (Å²) in [4.78, 5) is 25.4. The molecular weight excluding hydrogens is 372 g/mol. The van der Waals surface area contributed by atoms with Gasteiger partial charge in [-0.2, -0.15) is 0 Å². The summed E-state index contributed by atoms with van der Waals surface area (Å²) in [6.45, 7) is 3.17. The van der Waals surface area contributed by atoms with Crippen LogP contribution >= 0.6 is 0 Å². The average Bonchev–Trinajstić information content (AvgIpc) is 3.05. The van der Waals surface area contributed by atoms with Crippen molar-refractivity contribution in [3.63, 3.8) is 0 Å². The quantitative estimate of drug-likeness (QED) is 0.571. The van der Waals surface area contributed by atoms with Crippen molar-refractivity contribution in [1.29, 1.82) is 0 Å². The summed E-state index contributed by atoms with van der Waals surface area (Å²) in [5.41, 5.74) is 0.923. The molecule has 0 spiro atoms. The van der Waals surface area contributed by atoms with E-state index in [4.69, 9.17) is 9.47 Å². The Kier molecular flexibility index (Phi) is 5.96. The SMILES string of the molecule is CC1(C)O[C@@H](C(=O)/C=C(\O)c2ccccc2)[C@H](C(=O)/C=C(\O)c2ccccc2)O1. The predicted octanol–water partition coefficient (Wildman–Crippen LogP) is 3.84. The van der Waals surface area contributed by atoms with Crippen molar-refractivity contribution in [1.82, 2.24) is 0 Å². The molecule has 1 aliphatic heterocycles. The fourth-order valence-electron chi connectivity index (χ4n) is 3.00. The van der Waals surface area contributed by atoms with Gasteiger partial charge >= 0.3 is 0 Å². The topological polar surface area (TPSA) is 93.1 Å². The smallest absolute Gasteiger partial charge is 0.191 e. The lowest BCUT2D eigenvalue weighted by molar-refractivity contribution is -0.155. The Morgan fingerprint density at radius 3 is 1.45 bits per heavy atom. The van der Waals surface area contributed by atoms with E-state index in [-0.39, 0.29) is 11.5 Å². The normalized spacial score (nSPS) is 21.7. The molecule has 2 N–H and O–H groups in total. The molecule has 0 aliphatic carbocycles. The van der Waals surface area contributed by atoms with Crippen LogP contribution in [0.2, 0.25) is 0 Å². The van der Waals surface area contributed by atoms with Gasteiger partial charge in [0.2, 0.25) is 0 Å². The molecule has 150 valence electrons. The molecular formula is C23H22O6. The van der Waals surface area contributed by atoms with Gasteiger partial charge in [-0.15, -0.1) is 0 Å². The zero-order valence-electron chi connectivity index (χ0n) is 16.1. The summed E-state index contributed by atoms with van der Waals surface area (Å²) in [6, 6.07) is 17.1. The minimum atomic E-state index is -1.25. The van der Waals surface area contributed by atoms with Crippen LogP contribution in [0.25, 0.3) is 11.5 Å². The maximum absolute atomic E-state index is 12.7. The van der Waals surface area contributed by atoms with E-state index in [0.29, 0.717) is 11.1 Å².